The van der Waals surface area contributed by atoms with Crippen molar-refractivity contribution < 1.29 is 9.53 Å². The Morgan fingerprint density at radius 2 is 2.11 bits per heavy atom. The summed E-state index contributed by atoms with van der Waals surface area (Å²) in [6.07, 6.45) is 0.279. The molecule has 5 heteroatoms. The quantitative estimate of drug-likeness (QED) is 0.934. The fourth-order valence-electron chi connectivity index (χ4n) is 1.71. The maximum absolute atomic E-state index is 12.0. The highest BCUT2D eigenvalue weighted by molar-refractivity contribution is 7.15. The van der Waals surface area contributed by atoms with Gasteiger partial charge in [-0.25, -0.2) is 4.98 Å². The summed E-state index contributed by atoms with van der Waals surface area (Å²) in [6, 6.07) is 7.51. The van der Waals surface area contributed by atoms with Gasteiger partial charge in [0.2, 0.25) is 5.91 Å². The molecular formula is C14H16N2O2S. The van der Waals surface area contributed by atoms with E-state index in [9.17, 15) is 4.79 Å². The van der Waals surface area contributed by atoms with Crippen molar-refractivity contribution in [1.29, 1.82) is 0 Å². The van der Waals surface area contributed by atoms with Crippen molar-refractivity contribution in [3.63, 3.8) is 0 Å². The average molecular weight is 276 g/mol. The molecular weight excluding hydrogens is 260 g/mol. The number of aryl methyl sites for hydroxylation is 2. The minimum Gasteiger partial charge on any atom is -0.496 e. The number of carbonyl (C=O) groups excluding carboxylic acids is 1. The van der Waals surface area contributed by atoms with Gasteiger partial charge in [-0.15, -0.1) is 11.3 Å². The van der Waals surface area contributed by atoms with Crippen LogP contribution < -0.4 is 10.1 Å². The maximum atomic E-state index is 12.0. The fourth-order valence-corrected chi connectivity index (χ4v) is 2.54. The summed E-state index contributed by atoms with van der Waals surface area (Å²) in [7, 11) is 1.60. The maximum Gasteiger partial charge on any atom is 0.230 e. The number of benzene rings is 1. The van der Waals surface area contributed by atoms with Crippen molar-refractivity contribution >= 4 is 22.4 Å². The fraction of sp³-hybridized carbons (Fsp3) is 0.286. The normalized spacial score (nSPS) is 10.3. The smallest absolute Gasteiger partial charge is 0.230 e. The van der Waals surface area contributed by atoms with Crippen LogP contribution in [-0.4, -0.2) is 18.0 Å². The van der Waals surface area contributed by atoms with Crippen LogP contribution in [0.25, 0.3) is 0 Å². The molecule has 19 heavy (non-hydrogen) atoms. The highest BCUT2D eigenvalue weighted by Crippen LogP contribution is 2.22. The van der Waals surface area contributed by atoms with E-state index in [0.29, 0.717) is 5.13 Å². The zero-order chi connectivity index (χ0) is 13.8. The lowest BCUT2D eigenvalue weighted by molar-refractivity contribution is -0.115. The van der Waals surface area contributed by atoms with Gasteiger partial charge in [0.05, 0.1) is 19.2 Å². The van der Waals surface area contributed by atoms with Gasteiger partial charge in [0, 0.05) is 10.4 Å². The number of rotatable bonds is 4. The molecule has 0 aliphatic carbocycles. The van der Waals surface area contributed by atoms with E-state index in [1.807, 2.05) is 38.1 Å². The van der Waals surface area contributed by atoms with E-state index < -0.39 is 0 Å². The first-order valence-electron chi connectivity index (χ1n) is 5.96. The Hall–Kier alpha value is -1.88. The van der Waals surface area contributed by atoms with Gasteiger partial charge in [0.15, 0.2) is 5.13 Å². The first kappa shape index (κ1) is 13.5. The molecule has 100 valence electrons. The number of hydrogen-bond donors (Lipinski definition) is 1. The molecule has 0 unspecified atom stereocenters. The zero-order valence-electron chi connectivity index (χ0n) is 11.2. The second kappa shape index (κ2) is 5.84. The molecule has 0 aliphatic heterocycles. The van der Waals surface area contributed by atoms with E-state index in [0.717, 1.165) is 21.9 Å². The number of thiazole rings is 1. The van der Waals surface area contributed by atoms with Crippen LogP contribution in [-0.2, 0) is 11.2 Å². The molecule has 0 bridgehead atoms. The number of carbonyl (C=O) groups is 1. The average Bonchev–Trinajstić information content (AvgIpc) is 2.68. The second-order valence-corrected chi connectivity index (χ2v) is 5.40. The molecule has 1 aromatic carbocycles. The largest absolute Gasteiger partial charge is 0.496 e. The summed E-state index contributed by atoms with van der Waals surface area (Å²) in [5, 5.41) is 3.46. The first-order chi connectivity index (χ1) is 9.10. The molecule has 0 fully saturated rings. The molecule has 2 aromatic rings. The van der Waals surface area contributed by atoms with Gasteiger partial charge >= 0.3 is 0 Å². The summed E-state index contributed by atoms with van der Waals surface area (Å²) in [4.78, 5) is 17.4. The standard InChI is InChI=1S/C14H16N2O2S/c1-9-10(2)19-14(15-9)16-13(17)8-11-6-4-5-7-12(11)18-3/h4-7H,8H2,1-3H3,(H,15,16,17). The highest BCUT2D eigenvalue weighted by atomic mass is 32.1. The van der Waals surface area contributed by atoms with E-state index in [1.165, 1.54) is 11.3 Å². The molecule has 0 spiro atoms. The van der Waals surface area contributed by atoms with Crippen molar-refractivity contribution in [2.24, 2.45) is 0 Å². The number of anilines is 1. The lowest BCUT2D eigenvalue weighted by atomic mass is 10.1. The van der Waals surface area contributed by atoms with Gasteiger partial charge in [-0.05, 0) is 19.9 Å². The predicted molar refractivity (Wildman–Crippen MR) is 76.9 cm³/mol. The molecule has 0 saturated carbocycles. The Kier molecular flexibility index (Phi) is 4.16. The van der Waals surface area contributed by atoms with E-state index in [-0.39, 0.29) is 12.3 Å². The first-order valence-corrected chi connectivity index (χ1v) is 6.77. The van der Waals surface area contributed by atoms with Crippen molar-refractivity contribution in [2.75, 3.05) is 12.4 Å². The molecule has 4 nitrogen and oxygen atoms in total. The summed E-state index contributed by atoms with van der Waals surface area (Å²) in [6.45, 7) is 3.92. The summed E-state index contributed by atoms with van der Waals surface area (Å²) in [5.41, 5.74) is 1.82. The Labute approximate surface area is 116 Å². The number of para-hydroxylation sites is 1. The Bertz CT molecular complexity index is 573. The number of nitrogens with one attached hydrogen (secondary N) is 1. The molecule has 0 radical (unpaired) electrons. The molecule has 2 rings (SSSR count). The van der Waals surface area contributed by atoms with E-state index >= 15 is 0 Å². The van der Waals surface area contributed by atoms with Crippen LogP contribution in [0.15, 0.2) is 24.3 Å². The number of methoxy groups -OCH3 is 1. The van der Waals surface area contributed by atoms with E-state index in [4.69, 9.17) is 4.74 Å². The summed E-state index contributed by atoms with van der Waals surface area (Å²) in [5.74, 6) is 0.641. The minimum absolute atomic E-state index is 0.0850. The second-order valence-electron chi connectivity index (χ2n) is 4.20. The van der Waals surface area contributed by atoms with Gasteiger partial charge < -0.3 is 10.1 Å². The number of ether oxygens (including phenoxy) is 1. The van der Waals surface area contributed by atoms with E-state index in [2.05, 4.69) is 10.3 Å². The molecule has 1 aromatic heterocycles. The number of nitrogens with zero attached hydrogens (tertiary/aromatic N) is 1. The van der Waals surface area contributed by atoms with E-state index in [1.54, 1.807) is 7.11 Å². The third-order valence-electron chi connectivity index (χ3n) is 2.82. The predicted octanol–water partition coefficient (Wildman–Crippen LogP) is 2.95. The van der Waals surface area contributed by atoms with Crippen molar-refractivity contribution in [3.8, 4) is 5.75 Å². The van der Waals surface area contributed by atoms with Crippen molar-refractivity contribution in [2.45, 2.75) is 20.3 Å². The third kappa shape index (κ3) is 3.32. The van der Waals surface area contributed by atoms with Crippen LogP contribution in [0.1, 0.15) is 16.1 Å². The van der Waals surface area contributed by atoms with Crippen LogP contribution in [0.4, 0.5) is 5.13 Å². The molecule has 0 saturated heterocycles. The van der Waals surface area contributed by atoms with Crippen LogP contribution in [0.3, 0.4) is 0 Å². The molecule has 1 amide bonds. The van der Waals surface area contributed by atoms with Crippen molar-refractivity contribution in [1.82, 2.24) is 4.98 Å². The van der Waals surface area contributed by atoms with Gasteiger partial charge in [0.25, 0.3) is 0 Å². The summed E-state index contributed by atoms with van der Waals surface area (Å²) < 4.78 is 5.23. The molecule has 0 aliphatic rings. The highest BCUT2D eigenvalue weighted by Gasteiger charge is 2.11. The Morgan fingerprint density at radius 3 is 2.74 bits per heavy atom. The summed E-state index contributed by atoms with van der Waals surface area (Å²) >= 11 is 1.49. The van der Waals surface area contributed by atoms with Gasteiger partial charge in [-0.2, -0.15) is 0 Å². The molecule has 0 atom stereocenters. The number of hydrogen-bond acceptors (Lipinski definition) is 4. The van der Waals surface area contributed by atoms with Gasteiger partial charge in [0.1, 0.15) is 5.75 Å². The molecule has 1 heterocycles. The Balaban J connectivity index is 2.05. The van der Waals surface area contributed by atoms with Crippen LogP contribution in [0, 0.1) is 13.8 Å². The SMILES string of the molecule is COc1ccccc1CC(=O)Nc1nc(C)c(C)s1. The zero-order valence-corrected chi connectivity index (χ0v) is 12.0. The van der Waals surface area contributed by atoms with Crippen LogP contribution in [0.5, 0.6) is 5.75 Å². The van der Waals surface area contributed by atoms with Gasteiger partial charge in [-0.1, -0.05) is 18.2 Å². The lowest BCUT2D eigenvalue weighted by Gasteiger charge is -2.07. The third-order valence-corrected chi connectivity index (χ3v) is 3.81. The van der Waals surface area contributed by atoms with Crippen LogP contribution in [0.2, 0.25) is 0 Å². The van der Waals surface area contributed by atoms with Crippen molar-refractivity contribution in [3.05, 3.63) is 40.4 Å². The topological polar surface area (TPSA) is 51.2 Å². The van der Waals surface area contributed by atoms with Gasteiger partial charge in [-0.3, -0.25) is 4.79 Å². The monoisotopic (exact) mass is 276 g/mol. The number of amides is 1. The minimum atomic E-state index is -0.0850. The van der Waals surface area contributed by atoms with Crippen LogP contribution >= 0.6 is 11.3 Å². The Morgan fingerprint density at radius 1 is 1.37 bits per heavy atom. The number of aromatic nitrogens is 1. The molecule has 1 N–H and O–H groups in total. The lowest BCUT2D eigenvalue weighted by Crippen LogP contribution is -2.14.